The number of aliphatic hydroxyl groups is 2. The summed E-state index contributed by atoms with van der Waals surface area (Å²) in [6.45, 7) is 5.24. The van der Waals surface area contributed by atoms with Crippen LogP contribution in [0.2, 0.25) is 0 Å². The summed E-state index contributed by atoms with van der Waals surface area (Å²) < 4.78 is 10.5. The first-order valence-electron chi connectivity index (χ1n) is 6.09. The van der Waals surface area contributed by atoms with Crippen molar-refractivity contribution < 1.29 is 24.5 Å². The maximum absolute atomic E-state index is 11.0. The molecule has 0 radical (unpaired) electrons. The molecule has 106 valence electrons. The van der Waals surface area contributed by atoms with Gasteiger partial charge in [0, 0.05) is 18.4 Å². The van der Waals surface area contributed by atoms with E-state index in [4.69, 9.17) is 9.47 Å². The average molecular weight is 269 g/mol. The second kappa shape index (κ2) is 7.18. The number of carbonyl (C=O) groups excluding carboxylic acids is 1. The molecule has 0 aliphatic rings. The molecule has 3 atom stereocenters. The van der Waals surface area contributed by atoms with Crippen LogP contribution >= 0.6 is 0 Å². The van der Waals surface area contributed by atoms with Crippen LogP contribution in [0.1, 0.15) is 43.0 Å². The van der Waals surface area contributed by atoms with Crippen LogP contribution in [0.3, 0.4) is 0 Å². The molecular formula is C13H19NO5. The van der Waals surface area contributed by atoms with E-state index >= 15 is 0 Å². The first-order valence-corrected chi connectivity index (χ1v) is 6.09. The third-order valence-corrected chi connectivity index (χ3v) is 2.66. The minimum Gasteiger partial charge on any atom is -0.472 e. The Labute approximate surface area is 112 Å². The molecule has 19 heavy (non-hydrogen) atoms. The molecule has 0 aliphatic heterocycles. The molecule has 1 heterocycles. The molecule has 0 spiro atoms. The smallest absolute Gasteiger partial charge is 0.222 e. The Kier molecular flexibility index (Phi) is 5.88. The van der Waals surface area contributed by atoms with E-state index in [1.807, 2.05) is 0 Å². The molecule has 1 aromatic heterocycles. The van der Waals surface area contributed by atoms with Crippen molar-refractivity contribution in [3.63, 3.8) is 0 Å². The highest BCUT2D eigenvalue weighted by atomic mass is 16.6. The van der Waals surface area contributed by atoms with E-state index in [1.54, 1.807) is 20.8 Å². The number of hydrogen-bond donors (Lipinski definition) is 2. The number of ether oxygens (including phenoxy) is 2. The van der Waals surface area contributed by atoms with Gasteiger partial charge in [0.25, 0.3) is 0 Å². The summed E-state index contributed by atoms with van der Waals surface area (Å²) in [7, 11) is 0. The van der Waals surface area contributed by atoms with Crippen LogP contribution in [0.4, 0.5) is 0 Å². The molecule has 0 bridgehead atoms. The minimum absolute atomic E-state index is 0.0824. The Bertz CT molecular complexity index is 421. The molecule has 6 heteroatoms. The molecule has 6 nitrogen and oxygen atoms in total. The van der Waals surface area contributed by atoms with Crippen LogP contribution in [0, 0.1) is 0 Å². The van der Waals surface area contributed by atoms with Crippen molar-refractivity contribution in [3.8, 4) is 5.88 Å². The molecule has 0 aromatic carbocycles. The van der Waals surface area contributed by atoms with Gasteiger partial charge in [0.2, 0.25) is 5.88 Å². The van der Waals surface area contributed by atoms with E-state index in [-0.39, 0.29) is 23.6 Å². The number of nitrogens with zero attached hydrogens (tertiary/aromatic N) is 1. The van der Waals surface area contributed by atoms with E-state index in [0.717, 1.165) is 0 Å². The lowest BCUT2D eigenvalue weighted by molar-refractivity contribution is -0.100. The highest BCUT2D eigenvalue weighted by Gasteiger charge is 2.22. The minimum atomic E-state index is -1.30. The van der Waals surface area contributed by atoms with Gasteiger partial charge in [0.1, 0.15) is 6.10 Å². The van der Waals surface area contributed by atoms with Crippen molar-refractivity contribution in [3.05, 3.63) is 23.4 Å². The Morgan fingerprint density at radius 2 is 2.11 bits per heavy atom. The van der Waals surface area contributed by atoms with Crippen LogP contribution in [-0.4, -0.2) is 40.3 Å². The van der Waals surface area contributed by atoms with Gasteiger partial charge < -0.3 is 19.7 Å². The van der Waals surface area contributed by atoms with Crippen molar-refractivity contribution in [2.45, 2.75) is 39.3 Å². The van der Waals surface area contributed by atoms with E-state index in [0.29, 0.717) is 6.29 Å². The zero-order valence-corrected chi connectivity index (χ0v) is 11.2. The van der Waals surface area contributed by atoms with Gasteiger partial charge in [0.15, 0.2) is 12.6 Å². The number of aldehydes is 1. The summed E-state index contributed by atoms with van der Waals surface area (Å²) in [6.07, 6.45) is -0.536. The molecule has 2 N–H and O–H groups in total. The summed E-state index contributed by atoms with van der Waals surface area (Å²) in [5.41, 5.74) is 0.413. The number of rotatable bonds is 7. The normalized spacial score (nSPS) is 15.6. The number of aromatic nitrogens is 1. The lowest BCUT2D eigenvalue weighted by Crippen LogP contribution is -2.27. The molecular weight excluding hydrogens is 250 g/mol. The first kappa shape index (κ1) is 15.6. The predicted molar refractivity (Wildman–Crippen MR) is 68.0 cm³/mol. The second-order valence-electron chi connectivity index (χ2n) is 4.11. The standard InChI is InChI=1S/C13H19NO5/c1-4-18-13(17)11-10(7-15)5-6-14-12(11)19-9(3)8(2)16/h5-9,13,16-17H,4H2,1-3H3/t8-,9-,13?/m1/s1. The summed E-state index contributed by atoms with van der Waals surface area (Å²) >= 11 is 0. The summed E-state index contributed by atoms with van der Waals surface area (Å²) in [5, 5.41) is 19.3. The van der Waals surface area contributed by atoms with Crippen molar-refractivity contribution >= 4 is 6.29 Å². The maximum atomic E-state index is 11.0. The third-order valence-electron chi connectivity index (χ3n) is 2.66. The Balaban J connectivity index is 3.12. The van der Waals surface area contributed by atoms with Gasteiger partial charge in [-0.15, -0.1) is 0 Å². The Morgan fingerprint density at radius 1 is 1.42 bits per heavy atom. The topological polar surface area (TPSA) is 88.9 Å². The quantitative estimate of drug-likeness (QED) is 0.568. The van der Waals surface area contributed by atoms with Gasteiger partial charge in [-0.3, -0.25) is 4.79 Å². The SMILES string of the molecule is CCOC(O)c1c(C=O)ccnc1O[C@H](C)[C@@H](C)O. The Hall–Kier alpha value is -1.50. The molecule has 0 amide bonds. The molecule has 1 rings (SSSR count). The second-order valence-corrected chi connectivity index (χ2v) is 4.11. The monoisotopic (exact) mass is 269 g/mol. The molecule has 0 saturated heterocycles. The van der Waals surface area contributed by atoms with Crippen LogP contribution < -0.4 is 4.74 Å². The van der Waals surface area contributed by atoms with Crippen LogP contribution in [0.25, 0.3) is 0 Å². The van der Waals surface area contributed by atoms with Gasteiger partial charge in [-0.05, 0) is 26.8 Å². The van der Waals surface area contributed by atoms with Crippen LogP contribution in [-0.2, 0) is 4.74 Å². The molecule has 0 fully saturated rings. The van der Waals surface area contributed by atoms with Crippen molar-refractivity contribution in [1.29, 1.82) is 0 Å². The maximum Gasteiger partial charge on any atom is 0.222 e. The lowest BCUT2D eigenvalue weighted by atomic mass is 10.1. The fourth-order valence-electron chi connectivity index (χ4n) is 1.43. The largest absolute Gasteiger partial charge is 0.472 e. The Morgan fingerprint density at radius 3 is 2.63 bits per heavy atom. The van der Waals surface area contributed by atoms with E-state index in [2.05, 4.69) is 4.98 Å². The zero-order valence-electron chi connectivity index (χ0n) is 11.2. The highest BCUT2D eigenvalue weighted by molar-refractivity contribution is 5.78. The summed E-state index contributed by atoms with van der Waals surface area (Å²) in [5.74, 6) is 0.0824. The fraction of sp³-hybridized carbons (Fsp3) is 0.538. The van der Waals surface area contributed by atoms with E-state index < -0.39 is 18.5 Å². The van der Waals surface area contributed by atoms with Crippen molar-refractivity contribution in [2.24, 2.45) is 0 Å². The number of aliphatic hydroxyl groups excluding tert-OH is 2. The molecule has 0 saturated carbocycles. The summed E-state index contributed by atoms with van der Waals surface area (Å²) in [4.78, 5) is 15.0. The number of pyridine rings is 1. The van der Waals surface area contributed by atoms with Gasteiger partial charge in [-0.1, -0.05) is 0 Å². The van der Waals surface area contributed by atoms with E-state index in [9.17, 15) is 15.0 Å². The van der Waals surface area contributed by atoms with Crippen molar-refractivity contribution in [2.75, 3.05) is 6.61 Å². The number of carbonyl (C=O) groups is 1. The predicted octanol–water partition coefficient (Wildman–Crippen LogP) is 1.07. The summed E-state index contributed by atoms with van der Waals surface area (Å²) in [6, 6.07) is 1.46. The number of hydrogen-bond acceptors (Lipinski definition) is 6. The zero-order chi connectivity index (χ0) is 14.4. The van der Waals surface area contributed by atoms with Crippen LogP contribution in [0.5, 0.6) is 5.88 Å². The van der Waals surface area contributed by atoms with Gasteiger partial charge in [0.05, 0.1) is 11.7 Å². The molecule has 1 unspecified atom stereocenters. The van der Waals surface area contributed by atoms with Gasteiger partial charge >= 0.3 is 0 Å². The highest BCUT2D eigenvalue weighted by Crippen LogP contribution is 2.27. The van der Waals surface area contributed by atoms with E-state index in [1.165, 1.54) is 12.3 Å². The molecule has 0 aliphatic carbocycles. The van der Waals surface area contributed by atoms with Gasteiger partial charge in [-0.25, -0.2) is 4.98 Å². The molecule has 1 aromatic rings. The fourth-order valence-corrected chi connectivity index (χ4v) is 1.43. The van der Waals surface area contributed by atoms with Crippen LogP contribution in [0.15, 0.2) is 12.3 Å². The third kappa shape index (κ3) is 3.99. The lowest BCUT2D eigenvalue weighted by Gasteiger charge is -2.21. The first-order chi connectivity index (χ1) is 9.01. The van der Waals surface area contributed by atoms with Gasteiger partial charge in [-0.2, -0.15) is 0 Å². The van der Waals surface area contributed by atoms with Crippen molar-refractivity contribution in [1.82, 2.24) is 4.98 Å². The average Bonchev–Trinajstić information content (AvgIpc) is 2.38.